The fraction of sp³-hybridized carbons (Fsp3) is 0.242. The predicted molar refractivity (Wildman–Crippen MR) is 165 cm³/mol. The zero-order valence-corrected chi connectivity index (χ0v) is 28.6. The third-order valence-corrected chi connectivity index (χ3v) is 8.38. The normalized spacial score (nSPS) is 11.6. The van der Waals surface area contributed by atoms with Gasteiger partial charge in [-0.15, -0.1) is 46.7 Å². The van der Waals surface area contributed by atoms with Gasteiger partial charge in [0.1, 0.15) is 0 Å². The van der Waals surface area contributed by atoms with Gasteiger partial charge in [0, 0.05) is 36.9 Å². The smallest absolute Gasteiger partial charge is 0.0821 e. The van der Waals surface area contributed by atoms with Crippen LogP contribution in [0.3, 0.4) is 0 Å². The Hall–Kier alpha value is -2.08. The molecule has 0 amide bonds. The predicted octanol–water partition coefficient (Wildman–Crippen LogP) is 11.1. The molecule has 1 atom stereocenters. The quantitative estimate of drug-likeness (QED) is 0.122. The zero-order valence-electron chi connectivity index (χ0n) is 23.4. The fourth-order valence-corrected chi connectivity index (χ4v) is 6.55. The second-order valence-corrected chi connectivity index (χ2v) is 11.7. The molecule has 2 heterocycles. The molecule has 0 N–H and O–H groups in total. The van der Waals surface area contributed by atoms with E-state index in [0.29, 0.717) is 11.8 Å². The molecule has 0 bridgehead atoms. The monoisotopic (exact) mass is 704 g/mol. The Kier molecular flexibility index (Phi) is 11.7. The number of fused-ring (bicyclic) bond motifs is 1. The molecule has 0 spiro atoms. The minimum Gasteiger partial charge on any atom is -0.672 e. The molecule has 38 heavy (non-hydrogen) atoms. The second-order valence-electron chi connectivity index (χ2n) is 9.55. The van der Waals surface area contributed by atoms with E-state index in [1.807, 2.05) is 17.4 Å². The van der Waals surface area contributed by atoms with Crippen LogP contribution < -0.4 is 0 Å². The van der Waals surface area contributed by atoms with E-state index in [0.717, 1.165) is 21.8 Å². The van der Waals surface area contributed by atoms with Crippen molar-refractivity contribution in [3.8, 4) is 11.3 Å². The van der Waals surface area contributed by atoms with Crippen molar-refractivity contribution in [2.45, 2.75) is 52.5 Å². The summed E-state index contributed by atoms with van der Waals surface area (Å²) in [6, 6.07) is 26.7. The Morgan fingerprint density at radius 1 is 0.842 bits per heavy atom. The number of thiophene rings is 1. The standard InChI is InChI=1S/C31H30N2S2.2CH3.Hf/c1-19(2)23-15-11-16-24(20(3)4)30(23)33-29(22-12-7-6-8-13-22)31-32-26(18-34-31)28-21(5)35-27-17-10-9-14-25(27)28;;;/h6-13,15-20,29H,1-5H3;2*1H3;/q-2;2*-1;. The Morgan fingerprint density at radius 3 is 2.13 bits per heavy atom. The van der Waals surface area contributed by atoms with E-state index < -0.39 is 0 Å². The van der Waals surface area contributed by atoms with E-state index >= 15 is 0 Å². The molecule has 198 valence electrons. The first-order valence-corrected chi connectivity index (χ1v) is 13.9. The first-order valence-electron chi connectivity index (χ1n) is 12.2. The number of hydrogen-bond donors (Lipinski definition) is 0. The Morgan fingerprint density at radius 2 is 1.50 bits per heavy atom. The summed E-state index contributed by atoms with van der Waals surface area (Å²) in [4.78, 5) is 6.47. The summed E-state index contributed by atoms with van der Waals surface area (Å²) >= 11 is 3.51. The number of rotatable bonds is 7. The molecule has 5 aromatic rings. The molecule has 0 aliphatic rings. The third-order valence-electron chi connectivity index (χ3n) is 6.41. The van der Waals surface area contributed by atoms with Crippen LogP contribution in [0.15, 0.2) is 72.1 Å². The molecule has 0 aliphatic heterocycles. The molecule has 0 saturated heterocycles. The number of aryl methyl sites for hydroxylation is 1. The van der Waals surface area contributed by atoms with E-state index in [9.17, 15) is 0 Å². The number of hydrogen-bond acceptors (Lipinski definition) is 3. The SMILES string of the molecule is Cc1sc2ccc[c-]c2c1-c1csc(C([N-]c2c(C(C)C)cccc2C(C)C)c2ccccc2)n1.[CH3-].[CH3-].[Hf]. The van der Waals surface area contributed by atoms with Gasteiger partial charge < -0.3 is 20.2 Å². The molecule has 1 unspecified atom stereocenters. The van der Waals surface area contributed by atoms with Gasteiger partial charge in [0.25, 0.3) is 0 Å². The average Bonchev–Trinajstić information content (AvgIpc) is 3.46. The van der Waals surface area contributed by atoms with Gasteiger partial charge in [-0.1, -0.05) is 103 Å². The number of benzene rings is 3. The summed E-state index contributed by atoms with van der Waals surface area (Å²) in [6.45, 7) is 11.2. The molecule has 3 aromatic carbocycles. The summed E-state index contributed by atoms with van der Waals surface area (Å²) in [5, 5.41) is 9.83. The van der Waals surface area contributed by atoms with Crippen molar-refractivity contribution in [1.29, 1.82) is 0 Å². The molecule has 5 heteroatoms. The van der Waals surface area contributed by atoms with Crippen molar-refractivity contribution in [2.75, 3.05) is 0 Å². The Labute approximate surface area is 256 Å². The molecular weight excluding hydrogens is 667 g/mol. The van der Waals surface area contributed by atoms with Crippen LogP contribution >= 0.6 is 22.7 Å². The summed E-state index contributed by atoms with van der Waals surface area (Å²) in [5.41, 5.74) is 7.10. The van der Waals surface area contributed by atoms with Gasteiger partial charge in [-0.2, -0.15) is 0 Å². The maximum absolute atomic E-state index is 5.46. The van der Waals surface area contributed by atoms with Gasteiger partial charge in [0.15, 0.2) is 0 Å². The van der Waals surface area contributed by atoms with Crippen LogP contribution in [-0.2, 0) is 25.8 Å². The summed E-state index contributed by atoms with van der Waals surface area (Å²) in [7, 11) is 0. The van der Waals surface area contributed by atoms with E-state index in [1.54, 1.807) is 11.3 Å². The van der Waals surface area contributed by atoms with Gasteiger partial charge in [-0.05, 0) is 29.7 Å². The van der Waals surface area contributed by atoms with Crippen LogP contribution in [0.1, 0.15) is 72.1 Å². The summed E-state index contributed by atoms with van der Waals surface area (Å²) in [5.74, 6) is 0.789. The number of aromatic nitrogens is 1. The largest absolute Gasteiger partial charge is 0.672 e. The third kappa shape index (κ3) is 6.38. The number of nitrogens with zero attached hydrogens (tertiary/aromatic N) is 2. The maximum Gasteiger partial charge on any atom is 0.0821 e. The maximum atomic E-state index is 5.46. The Balaban J connectivity index is 0.00000169. The fourth-order valence-electron chi connectivity index (χ4n) is 4.63. The molecule has 2 aromatic heterocycles. The van der Waals surface area contributed by atoms with Crippen molar-refractivity contribution in [2.24, 2.45) is 0 Å². The van der Waals surface area contributed by atoms with Gasteiger partial charge in [0.05, 0.1) is 5.01 Å². The van der Waals surface area contributed by atoms with Crippen molar-refractivity contribution in [1.82, 2.24) is 4.98 Å². The molecule has 0 radical (unpaired) electrons. The van der Waals surface area contributed by atoms with Crippen LogP contribution in [0.5, 0.6) is 0 Å². The van der Waals surface area contributed by atoms with Crippen molar-refractivity contribution in [3.63, 3.8) is 0 Å². The van der Waals surface area contributed by atoms with Crippen molar-refractivity contribution < 1.29 is 25.8 Å². The minimum absolute atomic E-state index is 0. The van der Waals surface area contributed by atoms with E-state index in [4.69, 9.17) is 10.3 Å². The molecule has 0 fully saturated rings. The van der Waals surface area contributed by atoms with Crippen LogP contribution in [-0.4, -0.2) is 4.98 Å². The first-order chi connectivity index (χ1) is 16.9. The summed E-state index contributed by atoms with van der Waals surface area (Å²) < 4.78 is 1.26. The van der Waals surface area contributed by atoms with E-state index in [1.165, 1.54) is 31.8 Å². The van der Waals surface area contributed by atoms with Gasteiger partial charge in [-0.3, -0.25) is 4.98 Å². The molecular formula is C33H36HfN2S2-4. The molecule has 2 nitrogen and oxygen atoms in total. The summed E-state index contributed by atoms with van der Waals surface area (Å²) in [6.07, 6.45) is 0. The van der Waals surface area contributed by atoms with Crippen molar-refractivity contribution in [3.05, 3.63) is 125 Å². The number of para-hydroxylation sites is 1. The average molecular weight is 703 g/mol. The van der Waals surface area contributed by atoms with E-state index in [2.05, 4.69) is 107 Å². The van der Waals surface area contributed by atoms with Crippen LogP contribution in [0.25, 0.3) is 26.7 Å². The molecule has 0 saturated carbocycles. The molecule has 5 rings (SSSR count). The molecule has 0 aliphatic carbocycles. The zero-order chi connectivity index (χ0) is 24.5. The van der Waals surface area contributed by atoms with Gasteiger partial charge in [0.2, 0.25) is 0 Å². The Bertz CT molecular complexity index is 1420. The van der Waals surface area contributed by atoms with Crippen LogP contribution in [0.4, 0.5) is 5.69 Å². The van der Waals surface area contributed by atoms with Gasteiger partial charge in [-0.25, -0.2) is 11.3 Å². The van der Waals surface area contributed by atoms with Crippen LogP contribution in [0.2, 0.25) is 0 Å². The van der Waals surface area contributed by atoms with E-state index in [-0.39, 0.29) is 46.7 Å². The number of thiazole rings is 1. The van der Waals surface area contributed by atoms with Crippen molar-refractivity contribution >= 4 is 38.4 Å². The first kappa shape index (κ1) is 32.1. The topological polar surface area (TPSA) is 27.0 Å². The van der Waals surface area contributed by atoms with Gasteiger partial charge >= 0.3 is 0 Å². The minimum atomic E-state index is -0.151. The second kappa shape index (κ2) is 13.8. The van der Waals surface area contributed by atoms with Crippen LogP contribution in [0, 0.1) is 27.8 Å².